The molecule has 15 heavy (non-hydrogen) atoms. The van der Waals surface area contributed by atoms with Crippen molar-refractivity contribution < 1.29 is 38.3 Å². The van der Waals surface area contributed by atoms with Gasteiger partial charge in [0.25, 0.3) is 0 Å². The number of hydrogen-bond acceptors (Lipinski definition) is 7. The first-order chi connectivity index (χ1) is 6.42. The second kappa shape index (κ2) is 9.22. The lowest BCUT2D eigenvalue weighted by Crippen LogP contribution is -2.20. The molecule has 92 valence electrons. The lowest BCUT2D eigenvalue weighted by Gasteiger charge is -2.06. The van der Waals surface area contributed by atoms with Crippen LogP contribution in [0.1, 0.15) is 0 Å². The van der Waals surface area contributed by atoms with Crippen LogP contribution in [0.3, 0.4) is 0 Å². The molecule has 0 rings (SSSR count). The van der Waals surface area contributed by atoms with Gasteiger partial charge in [-0.15, -0.1) is 0 Å². The summed E-state index contributed by atoms with van der Waals surface area (Å²) < 4.78 is 23.2. The summed E-state index contributed by atoms with van der Waals surface area (Å²) in [4.78, 5) is 16.5. The van der Waals surface area contributed by atoms with E-state index >= 15 is 0 Å². The van der Waals surface area contributed by atoms with Gasteiger partial charge in [-0.3, -0.25) is 4.52 Å². The molecule has 0 saturated carbocycles. The molecule has 0 aliphatic carbocycles. The van der Waals surface area contributed by atoms with Gasteiger partial charge in [-0.1, -0.05) is 0 Å². The normalized spacial score (nSPS) is 10.9. The zero-order valence-corrected chi connectivity index (χ0v) is 8.88. The molecule has 9 nitrogen and oxygen atoms in total. The van der Waals surface area contributed by atoms with E-state index in [-0.39, 0.29) is 32.6 Å². The quantitative estimate of drug-likeness (QED) is 0.190. The molecule has 0 bridgehead atoms. The summed E-state index contributed by atoms with van der Waals surface area (Å²) in [5.74, 6) is 0. The smallest absolute Gasteiger partial charge is 0.402 e. The van der Waals surface area contributed by atoms with Gasteiger partial charge in [0, 0.05) is 0 Å². The van der Waals surface area contributed by atoms with Gasteiger partial charge in [-0.25, -0.2) is 4.57 Å². The van der Waals surface area contributed by atoms with Crippen LogP contribution in [0.25, 0.3) is 0 Å². The second-order valence-corrected chi connectivity index (χ2v) is 3.37. The van der Waals surface area contributed by atoms with E-state index < -0.39 is 15.1 Å². The molecule has 0 aromatic rings. The van der Waals surface area contributed by atoms with E-state index in [0.29, 0.717) is 0 Å². The number of phosphoric acid groups is 1. The summed E-state index contributed by atoms with van der Waals surface area (Å²) in [6, 6.07) is 0. The third-order valence-electron chi connectivity index (χ3n) is 0.982. The molecule has 0 saturated heterocycles. The highest BCUT2D eigenvalue weighted by atomic mass is 31.2. The molecule has 0 aliphatic heterocycles. The van der Waals surface area contributed by atoms with Gasteiger partial charge in [-0.2, -0.15) is 0 Å². The fraction of sp³-hybridized carbons (Fsp3) is 1.00. The predicted octanol–water partition coefficient (Wildman–Crippen LogP) is -1.74. The van der Waals surface area contributed by atoms with E-state index in [1.165, 1.54) is 0 Å². The van der Waals surface area contributed by atoms with Crippen molar-refractivity contribution in [3.05, 3.63) is 0 Å². The minimum atomic E-state index is -4.43. The average Bonchev–Trinajstić information content (AvgIpc) is 2.00. The Morgan fingerprint density at radius 3 is 2.07 bits per heavy atom. The zero-order valence-electron chi connectivity index (χ0n) is 7.98. The molecule has 0 aromatic heterocycles. The molecule has 0 unspecified atom stereocenters. The van der Waals surface area contributed by atoms with Gasteiger partial charge in [0.2, 0.25) is 0 Å². The number of hydrogen-bond donors (Lipinski definition) is 5. The van der Waals surface area contributed by atoms with Crippen LogP contribution in [0.15, 0.2) is 0 Å². The van der Waals surface area contributed by atoms with Crippen molar-refractivity contribution in [2.24, 2.45) is 0 Å². The van der Waals surface area contributed by atoms with Crippen molar-refractivity contribution in [1.82, 2.24) is 6.15 Å². The maximum atomic E-state index is 10.1. The van der Waals surface area contributed by atoms with Crippen molar-refractivity contribution in [2.45, 2.75) is 0 Å². The Kier molecular flexibility index (Phi) is 10.7. The van der Waals surface area contributed by atoms with Crippen LogP contribution in [0, 0.1) is 0 Å². The average molecular weight is 247 g/mol. The fourth-order valence-corrected chi connectivity index (χ4v) is 0.842. The van der Waals surface area contributed by atoms with Crippen molar-refractivity contribution in [3.8, 4) is 0 Å². The molecule has 0 aliphatic rings. The van der Waals surface area contributed by atoms with Crippen LogP contribution < -0.4 is 6.15 Å². The highest BCUT2D eigenvalue weighted by molar-refractivity contribution is 7.46. The van der Waals surface area contributed by atoms with Crippen LogP contribution in [-0.2, 0) is 18.5 Å². The monoisotopic (exact) mass is 247 g/mol. The van der Waals surface area contributed by atoms with Crippen LogP contribution in [0.2, 0.25) is 0 Å². The third-order valence-corrected chi connectivity index (χ3v) is 1.50. The molecule has 0 amide bonds. The Hall–Kier alpha value is -0.0251. The molecule has 7 N–H and O–H groups in total. The van der Waals surface area contributed by atoms with Crippen LogP contribution >= 0.6 is 7.82 Å². The standard InChI is InChI=1S/C4H12BO8P.H3N/c6-5(7)12-3-1-11-2-4-13-14(8,9)10;/h6-7H,1-4H2,(H2,8,9,10);1H3. The summed E-state index contributed by atoms with van der Waals surface area (Å²) in [6.45, 7) is -0.225. The Bertz CT molecular complexity index is 185. The first-order valence-electron chi connectivity index (χ1n) is 3.67. The van der Waals surface area contributed by atoms with Crippen LogP contribution in [0.5, 0.6) is 0 Å². The van der Waals surface area contributed by atoms with Crippen LogP contribution in [-0.4, -0.2) is 53.6 Å². The first-order valence-corrected chi connectivity index (χ1v) is 5.20. The van der Waals surface area contributed by atoms with Crippen molar-refractivity contribution in [2.75, 3.05) is 26.4 Å². The summed E-state index contributed by atoms with van der Waals surface area (Å²) >= 11 is 0. The lowest BCUT2D eigenvalue weighted by atomic mass is 10.3. The van der Waals surface area contributed by atoms with E-state index in [9.17, 15) is 4.57 Å². The minimum Gasteiger partial charge on any atom is -0.402 e. The van der Waals surface area contributed by atoms with Gasteiger partial charge < -0.3 is 35.4 Å². The largest absolute Gasteiger partial charge is 0.633 e. The van der Waals surface area contributed by atoms with Crippen molar-refractivity contribution >= 4 is 15.1 Å². The van der Waals surface area contributed by atoms with E-state index in [1.807, 2.05) is 0 Å². The molecular weight excluding hydrogens is 232 g/mol. The number of rotatable bonds is 8. The van der Waals surface area contributed by atoms with Crippen LogP contribution in [0.4, 0.5) is 0 Å². The molecule has 11 heteroatoms. The Morgan fingerprint density at radius 2 is 1.60 bits per heavy atom. The minimum absolute atomic E-state index is 0. The SMILES string of the molecule is N.O=P(O)(O)OCCOCCOB(O)O. The Balaban J connectivity index is 0. The maximum Gasteiger partial charge on any atom is 0.633 e. The van der Waals surface area contributed by atoms with Crippen molar-refractivity contribution in [1.29, 1.82) is 0 Å². The topological polar surface area (TPSA) is 161 Å². The first kappa shape index (κ1) is 17.4. The van der Waals surface area contributed by atoms with Gasteiger partial charge in [-0.05, 0) is 0 Å². The molecule has 0 heterocycles. The van der Waals surface area contributed by atoms with E-state index in [0.717, 1.165) is 0 Å². The van der Waals surface area contributed by atoms with Gasteiger partial charge >= 0.3 is 15.1 Å². The van der Waals surface area contributed by atoms with Gasteiger partial charge in [0.15, 0.2) is 0 Å². The van der Waals surface area contributed by atoms with Crippen molar-refractivity contribution in [3.63, 3.8) is 0 Å². The second-order valence-electron chi connectivity index (χ2n) is 2.13. The summed E-state index contributed by atoms with van der Waals surface area (Å²) in [5.41, 5.74) is 0. The molecule has 0 atom stereocenters. The third kappa shape index (κ3) is 16.6. The maximum absolute atomic E-state index is 10.1. The Labute approximate surface area is 87.0 Å². The zero-order chi connectivity index (χ0) is 11.0. The number of ether oxygens (including phenoxy) is 1. The van der Waals surface area contributed by atoms with E-state index in [1.54, 1.807) is 0 Å². The molecule has 0 radical (unpaired) electrons. The molecule has 0 spiro atoms. The summed E-state index contributed by atoms with van der Waals surface area (Å²) in [7, 11) is -6.27. The highest BCUT2D eigenvalue weighted by Gasteiger charge is 2.12. The van der Waals surface area contributed by atoms with Gasteiger partial charge in [0.1, 0.15) is 0 Å². The molecular formula is C4H15BNO8P. The number of phosphoric ester groups is 1. The molecule has 0 aromatic carbocycles. The fourth-order valence-electron chi connectivity index (χ4n) is 0.530. The van der Waals surface area contributed by atoms with Gasteiger partial charge in [0.05, 0.1) is 26.4 Å². The summed E-state index contributed by atoms with van der Waals surface area (Å²) in [5, 5.41) is 16.4. The van der Waals surface area contributed by atoms with E-state index in [2.05, 4.69) is 9.18 Å². The lowest BCUT2D eigenvalue weighted by molar-refractivity contribution is 0.0553. The summed E-state index contributed by atoms with van der Waals surface area (Å²) in [6.07, 6.45) is 0. The van der Waals surface area contributed by atoms with E-state index in [4.69, 9.17) is 24.6 Å². The molecule has 0 fully saturated rings. The predicted molar refractivity (Wildman–Crippen MR) is 50.0 cm³/mol. The highest BCUT2D eigenvalue weighted by Crippen LogP contribution is 2.35. The Morgan fingerprint density at radius 1 is 1.07 bits per heavy atom.